The minimum absolute atomic E-state index is 0.590. The van der Waals surface area contributed by atoms with Gasteiger partial charge in [0.15, 0.2) is 0 Å². The van der Waals surface area contributed by atoms with Crippen LogP contribution in [0.4, 0.5) is 0 Å². The monoisotopic (exact) mass is 833 g/mol. The van der Waals surface area contributed by atoms with Crippen LogP contribution >= 0.6 is 37.5 Å². The number of hydrogen-bond donors (Lipinski definition) is 0. The Labute approximate surface area is 320 Å². The van der Waals surface area contributed by atoms with E-state index in [1.165, 1.54) is 0 Å². The molecule has 52 heavy (non-hydrogen) atoms. The molecular formula is C30H77N16OP5. The zero-order chi connectivity index (χ0) is 41.0. The third-order valence-corrected chi connectivity index (χ3v) is 30.8. The molecule has 1 aromatic rings. The fraction of sp³-hybridized carbons (Fsp3) is 0.800. The first kappa shape index (κ1) is 49.9. The quantitative estimate of drug-likeness (QED) is 0.147. The van der Waals surface area contributed by atoms with E-state index in [4.69, 9.17) is 22.6 Å². The van der Waals surface area contributed by atoms with Crippen LogP contribution < -0.4 is 4.52 Å². The van der Waals surface area contributed by atoms with Crippen molar-refractivity contribution in [1.82, 2.24) is 56.0 Å². The van der Waals surface area contributed by atoms with E-state index in [-0.39, 0.29) is 0 Å². The van der Waals surface area contributed by atoms with Crippen molar-refractivity contribution in [2.24, 2.45) is 18.1 Å². The van der Waals surface area contributed by atoms with Gasteiger partial charge in [-0.2, -0.15) is 0 Å². The van der Waals surface area contributed by atoms with Gasteiger partial charge in [0.2, 0.25) is 0 Å². The van der Waals surface area contributed by atoms with Crippen LogP contribution in [0.3, 0.4) is 0 Å². The van der Waals surface area contributed by atoms with Crippen molar-refractivity contribution in [3.63, 3.8) is 0 Å². The summed E-state index contributed by atoms with van der Waals surface area (Å²) in [6, 6.07) is 9.91. The van der Waals surface area contributed by atoms with Gasteiger partial charge in [-0.15, -0.1) is 0 Å². The van der Waals surface area contributed by atoms with Crippen molar-refractivity contribution < 1.29 is 4.52 Å². The van der Waals surface area contributed by atoms with Gasteiger partial charge in [-0.25, -0.2) is 0 Å². The van der Waals surface area contributed by atoms with E-state index in [1.807, 2.05) is 30.3 Å². The van der Waals surface area contributed by atoms with E-state index >= 15 is 0 Å². The summed E-state index contributed by atoms with van der Waals surface area (Å²) in [6.07, 6.45) is 0. The van der Waals surface area contributed by atoms with Crippen LogP contribution in [0.15, 0.2) is 48.4 Å². The van der Waals surface area contributed by atoms with Crippen molar-refractivity contribution in [3.05, 3.63) is 30.3 Å². The molecule has 0 saturated carbocycles. The Kier molecular flexibility index (Phi) is 17.7. The normalized spacial score (nSPS) is 15.1. The zero-order valence-corrected chi connectivity index (χ0v) is 41.7. The fourth-order valence-corrected chi connectivity index (χ4v) is 33.8. The molecule has 0 saturated heterocycles. The first-order valence-corrected chi connectivity index (χ1v) is 25.4. The van der Waals surface area contributed by atoms with Gasteiger partial charge in [-0.05, 0) is 0 Å². The molecule has 0 spiro atoms. The molecule has 0 bridgehead atoms. The molecule has 1 rings (SSSR count). The van der Waals surface area contributed by atoms with E-state index < -0.39 is 37.5 Å². The minimum atomic E-state index is -5.24. The van der Waals surface area contributed by atoms with Gasteiger partial charge < -0.3 is 0 Å². The summed E-state index contributed by atoms with van der Waals surface area (Å²) in [5, 5.41) is 0. The molecule has 0 atom stereocenters. The average Bonchev–Trinajstić information content (AvgIpc) is 2.99. The van der Waals surface area contributed by atoms with E-state index in [9.17, 15) is 0 Å². The van der Waals surface area contributed by atoms with Crippen LogP contribution in [0.2, 0.25) is 0 Å². The van der Waals surface area contributed by atoms with Crippen molar-refractivity contribution >= 4 is 37.5 Å². The SMILES string of the molecule is CN(C)P(=NP(N=P(N(C)C)(N(C)C)N(C)C)(N=P(N(C)C)(N(C)C)N(C)C)(N=P(N(C)C)(N(C)C)N(C)C)Oc1ccccc1)(N(C)C)N(C)C. The van der Waals surface area contributed by atoms with Gasteiger partial charge in [0.25, 0.3) is 0 Å². The van der Waals surface area contributed by atoms with Gasteiger partial charge in [-0.1, -0.05) is 0 Å². The van der Waals surface area contributed by atoms with Gasteiger partial charge in [-0.3, -0.25) is 0 Å². The summed E-state index contributed by atoms with van der Waals surface area (Å²) in [7, 11) is 33.1. The van der Waals surface area contributed by atoms with E-state index in [0.29, 0.717) is 5.75 Å². The molecule has 0 N–H and O–H groups in total. The Hall–Kier alpha value is -0.110. The van der Waals surface area contributed by atoms with Crippen molar-refractivity contribution in [3.8, 4) is 5.75 Å². The summed E-state index contributed by atoms with van der Waals surface area (Å²) in [4.78, 5) is 0. The maximum absolute atomic E-state index is 7.87. The molecule has 308 valence electrons. The molecule has 1 aromatic carbocycles. The van der Waals surface area contributed by atoms with Crippen LogP contribution in [0.25, 0.3) is 0 Å². The predicted octanol–water partition coefficient (Wildman–Crippen LogP) is 6.72. The second-order valence-electron chi connectivity index (χ2n) is 14.9. The van der Waals surface area contributed by atoms with Crippen molar-refractivity contribution in [1.29, 1.82) is 0 Å². The molecule has 0 aromatic heterocycles. The second kappa shape index (κ2) is 18.4. The third-order valence-electron chi connectivity index (χ3n) is 8.56. The molecule has 0 amide bonds. The number of rotatable bonds is 18. The Balaban J connectivity index is 6.01. The molecule has 0 unspecified atom stereocenters. The summed E-state index contributed by atoms with van der Waals surface area (Å²) >= 11 is 0. The number of para-hydroxylation sites is 1. The van der Waals surface area contributed by atoms with Crippen LogP contribution in [0, 0.1) is 0 Å². The van der Waals surface area contributed by atoms with Gasteiger partial charge in [0.1, 0.15) is 0 Å². The van der Waals surface area contributed by atoms with E-state index in [2.05, 4.69) is 225 Å². The molecule has 0 radical (unpaired) electrons. The molecule has 22 heteroatoms. The molecule has 17 nitrogen and oxygen atoms in total. The summed E-state index contributed by atoms with van der Waals surface area (Å²) in [5.41, 5.74) is 0. The third kappa shape index (κ3) is 9.19. The fourth-order valence-electron chi connectivity index (χ4n) is 6.94. The molecule has 0 aliphatic rings. The molecule has 0 aliphatic heterocycles. The van der Waals surface area contributed by atoms with Gasteiger partial charge in [0, 0.05) is 0 Å². The Morgan fingerprint density at radius 2 is 0.500 bits per heavy atom. The van der Waals surface area contributed by atoms with Crippen LogP contribution in [0.5, 0.6) is 5.75 Å². The van der Waals surface area contributed by atoms with E-state index in [1.54, 1.807) is 0 Å². The van der Waals surface area contributed by atoms with Gasteiger partial charge >= 0.3 is 321 Å². The van der Waals surface area contributed by atoms with E-state index in [0.717, 1.165) is 0 Å². The van der Waals surface area contributed by atoms with Crippen molar-refractivity contribution in [2.45, 2.75) is 0 Å². The first-order chi connectivity index (χ1) is 23.5. The summed E-state index contributed by atoms with van der Waals surface area (Å²) in [5.74, 6) is 0.590. The molecule has 0 heterocycles. The second-order valence-corrected chi connectivity index (χ2v) is 33.6. The number of hydrogen-bond acceptors (Lipinski definition) is 5. The zero-order valence-electron chi connectivity index (χ0n) is 37.2. The predicted molar refractivity (Wildman–Crippen MR) is 236 cm³/mol. The molecular weight excluding hydrogens is 755 g/mol. The van der Waals surface area contributed by atoms with Crippen LogP contribution in [-0.2, 0) is 0 Å². The number of nitrogens with zero attached hydrogens (tertiary/aromatic N) is 16. The number of benzene rings is 1. The molecule has 0 aliphatic carbocycles. The van der Waals surface area contributed by atoms with Crippen LogP contribution in [0.1, 0.15) is 0 Å². The summed E-state index contributed by atoms with van der Waals surface area (Å²) < 4.78 is 59.5. The first-order valence-electron chi connectivity index (χ1n) is 17.0. The summed E-state index contributed by atoms with van der Waals surface area (Å²) in [6.45, 7) is 0. The Bertz CT molecular complexity index is 1240. The van der Waals surface area contributed by atoms with Crippen molar-refractivity contribution in [2.75, 3.05) is 169 Å². The standard InChI is InChI=1S/C30H77N16OP5/c1-35(2)48(36(3)4,37(5)6)31-52(47-30-28-26-25-27-29-30,32-49(38(7)8,39(9)10)40(11)12,33-50(41(13)14,42(15)16)43(17)18)34-51(44(19)20,45(21)22)46(23)24/h25-29H,1-24H3. The van der Waals surface area contributed by atoms with Gasteiger partial charge in [0.05, 0.1) is 0 Å². The topological polar surface area (TPSA) is 97.5 Å². The average molecular weight is 833 g/mol. The molecule has 0 fully saturated rings. The Morgan fingerprint density at radius 1 is 0.327 bits per heavy atom. The maximum atomic E-state index is 7.87. The Morgan fingerprint density at radius 3 is 0.654 bits per heavy atom. The van der Waals surface area contributed by atoms with Crippen LogP contribution in [-0.4, -0.2) is 225 Å².